The van der Waals surface area contributed by atoms with Crippen molar-refractivity contribution in [1.29, 1.82) is 0 Å². The summed E-state index contributed by atoms with van der Waals surface area (Å²) >= 11 is 0. The van der Waals surface area contributed by atoms with E-state index in [0.29, 0.717) is 6.61 Å². The van der Waals surface area contributed by atoms with Gasteiger partial charge < -0.3 is 14.8 Å². The Morgan fingerprint density at radius 3 is 2.96 bits per heavy atom. The van der Waals surface area contributed by atoms with Gasteiger partial charge in [-0.25, -0.2) is 0 Å². The molecule has 2 atom stereocenters. The van der Waals surface area contributed by atoms with Crippen LogP contribution in [0.3, 0.4) is 0 Å². The van der Waals surface area contributed by atoms with Crippen LogP contribution in [0.25, 0.3) is 0 Å². The van der Waals surface area contributed by atoms with Gasteiger partial charge in [0.1, 0.15) is 11.9 Å². The van der Waals surface area contributed by atoms with Crippen LogP contribution in [-0.4, -0.2) is 34.0 Å². The highest BCUT2D eigenvalue weighted by Gasteiger charge is 2.28. The van der Waals surface area contributed by atoms with Crippen molar-refractivity contribution in [2.45, 2.75) is 51.9 Å². The van der Waals surface area contributed by atoms with Crippen molar-refractivity contribution >= 4 is 0 Å². The van der Waals surface area contributed by atoms with Gasteiger partial charge in [0.25, 0.3) is 0 Å². The van der Waals surface area contributed by atoms with Crippen LogP contribution < -0.4 is 10.1 Å². The number of nitrogens with zero attached hydrogens (tertiary/aromatic N) is 3. The monoisotopic (exact) mass is 330 g/mol. The molecule has 3 rings (SSSR count). The molecule has 0 bridgehead atoms. The Morgan fingerprint density at radius 2 is 2.25 bits per heavy atom. The third-order valence-electron chi connectivity index (χ3n) is 4.28. The van der Waals surface area contributed by atoms with E-state index in [2.05, 4.69) is 28.5 Å². The van der Waals surface area contributed by atoms with E-state index in [4.69, 9.17) is 9.47 Å². The highest BCUT2D eigenvalue weighted by Crippen LogP contribution is 2.28. The first-order valence-corrected chi connectivity index (χ1v) is 8.75. The fourth-order valence-electron chi connectivity index (χ4n) is 3.02. The number of aromatic nitrogens is 3. The first kappa shape index (κ1) is 16.9. The number of rotatable bonds is 7. The van der Waals surface area contributed by atoms with E-state index in [1.165, 1.54) is 0 Å². The minimum absolute atomic E-state index is 0.0572. The molecule has 0 aromatic carbocycles. The van der Waals surface area contributed by atoms with Crippen LogP contribution in [0, 0.1) is 0 Å². The molecule has 0 unspecified atom stereocenters. The molecule has 0 amide bonds. The lowest BCUT2D eigenvalue weighted by Crippen LogP contribution is -2.39. The molecule has 1 saturated heterocycles. The van der Waals surface area contributed by atoms with Crippen molar-refractivity contribution < 1.29 is 9.47 Å². The van der Waals surface area contributed by atoms with Crippen LogP contribution >= 0.6 is 0 Å². The number of hydrogen-bond donors (Lipinski definition) is 1. The van der Waals surface area contributed by atoms with Crippen LogP contribution in [0.5, 0.6) is 5.75 Å². The third kappa shape index (κ3) is 4.13. The molecular formula is C18H26N4O2. The molecule has 1 aliphatic heterocycles. The quantitative estimate of drug-likeness (QED) is 0.846. The van der Waals surface area contributed by atoms with E-state index in [9.17, 15) is 0 Å². The summed E-state index contributed by atoms with van der Waals surface area (Å²) in [5.74, 6) is 0.812. The normalized spacial score (nSPS) is 20.9. The number of hydrogen-bond acceptors (Lipinski definition) is 5. The average Bonchev–Trinajstić information content (AvgIpc) is 3.11. The average molecular weight is 330 g/mol. The Bertz CT molecular complexity index is 626. The molecule has 1 aliphatic rings. The van der Waals surface area contributed by atoms with E-state index in [1.807, 2.05) is 29.9 Å². The summed E-state index contributed by atoms with van der Waals surface area (Å²) in [6.45, 7) is 7.12. The Morgan fingerprint density at radius 1 is 1.33 bits per heavy atom. The standard InChI is InChI=1S/C18H26N4O2/c1-3-22-13-14(10-21-22)18-17(6-5-9-24-18)20-11-15-7-8-16(12-19-15)23-4-2/h7-8,10,12-13,17-18,20H,3-6,9,11H2,1-2H3/t17-,18+/m1/s1. The Kier molecular flexibility index (Phi) is 5.82. The Labute approximate surface area is 143 Å². The zero-order chi connectivity index (χ0) is 16.8. The van der Waals surface area contributed by atoms with E-state index < -0.39 is 0 Å². The summed E-state index contributed by atoms with van der Waals surface area (Å²) in [6, 6.07) is 4.25. The molecular weight excluding hydrogens is 304 g/mol. The van der Waals surface area contributed by atoms with Crippen LogP contribution in [0.4, 0.5) is 0 Å². The predicted molar refractivity (Wildman–Crippen MR) is 91.9 cm³/mol. The van der Waals surface area contributed by atoms with E-state index >= 15 is 0 Å². The van der Waals surface area contributed by atoms with Gasteiger partial charge in [0.15, 0.2) is 0 Å². The lowest BCUT2D eigenvalue weighted by molar-refractivity contribution is -0.0113. The molecule has 0 aliphatic carbocycles. The number of aryl methyl sites for hydroxylation is 1. The minimum atomic E-state index is 0.0572. The Hall–Kier alpha value is -1.92. The van der Waals surface area contributed by atoms with Crippen molar-refractivity contribution in [2.75, 3.05) is 13.2 Å². The number of ether oxygens (including phenoxy) is 2. The molecule has 6 nitrogen and oxygen atoms in total. The van der Waals surface area contributed by atoms with Gasteiger partial charge in [0.05, 0.1) is 24.7 Å². The molecule has 0 spiro atoms. The second-order valence-electron chi connectivity index (χ2n) is 5.97. The zero-order valence-corrected chi connectivity index (χ0v) is 14.4. The smallest absolute Gasteiger partial charge is 0.137 e. The predicted octanol–water partition coefficient (Wildman–Crippen LogP) is 2.71. The first-order chi connectivity index (χ1) is 11.8. The van der Waals surface area contributed by atoms with Gasteiger partial charge in [-0.05, 0) is 38.8 Å². The minimum Gasteiger partial charge on any atom is -0.492 e. The highest BCUT2D eigenvalue weighted by atomic mass is 16.5. The molecule has 0 radical (unpaired) electrons. The van der Waals surface area contributed by atoms with Crippen LogP contribution in [-0.2, 0) is 17.8 Å². The summed E-state index contributed by atoms with van der Waals surface area (Å²) < 4.78 is 13.4. The van der Waals surface area contributed by atoms with Gasteiger partial charge in [-0.1, -0.05) is 0 Å². The van der Waals surface area contributed by atoms with Crippen LogP contribution in [0.2, 0.25) is 0 Å². The summed E-state index contributed by atoms with van der Waals surface area (Å²) in [4.78, 5) is 4.45. The molecule has 1 N–H and O–H groups in total. The van der Waals surface area contributed by atoms with Crippen molar-refractivity contribution in [3.05, 3.63) is 42.0 Å². The first-order valence-electron chi connectivity index (χ1n) is 8.75. The van der Waals surface area contributed by atoms with Crippen molar-refractivity contribution in [3.63, 3.8) is 0 Å². The summed E-state index contributed by atoms with van der Waals surface area (Å²) in [6.07, 6.45) is 8.01. The SMILES string of the molecule is CCOc1ccc(CN[C@@H]2CCCO[C@H]2c2cnn(CC)c2)nc1. The summed E-state index contributed by atoms with van der Waals surface area (Å²) in [5.41, 5.74) is 2.15. The maximum atomic E-state index is 6.02. The topological polar surface area (TPSA) is 61.2 Å². The fourth-order valence-corrected chi connectivity index (χ4v) is 3.02. The van der Waals surface area contributed by atoms with Crippen molar-refractivity contribution in [3.8, 4) is 5.75 Å². The Balaban J connectivity index is 1.61. The molecule has 0 saturated carbocycles. The second-order valence-corrected chi connectivity index (χ2v) is 5.97. The second kappa shape index (κ2) is 8.26. The molecule has 2 aromatic rings. The van der Waals surface area contributed by atoms with Crippen LogP contribution in [0.15, 0.2) is 30.7 Å². The van der Waals surface area contributed by atoms with E-state index in [-0.39, 0.29) is 12.1 Å². The third-order valence-corrected chi connectivity index (χ3v) is 4.28. The van der Waals surface area contributed by atoms with Gasteiger partial charge in [-0.15, -0.1) is 0 Å². The van der Waals surface area contributed by atoms with E-state index in [0.717, 1.165) is 49.5 Å². The molecule has 6 heteroatoms. The fraction of sp³-hybridized carbons (Fsp3) is 0.556. The maximum absolute atomic E-state index is 6.02. The van der Waals surface area contributed by atoms with Gasteiger partial charge in [-0.2, -0.15) is 5.10 Å². The number of pyridine rings is 1. The zero-order valence-electron chi connectivity index (χ0n) is 14.4. The van der Waals surface area contributed by atoms with Crippen molar-refractivity contribution in [2.24, 2.45) is 0 Å². The number of nitrogens with one attached hydrogen (secondary N) is 1. The molecule has 1 fully saturated rings. The highest BCUT2D eigenvalue weighted by molar-refractivity contribution is 5.20. The van der Waals surface area contributed by atoms with Crippen LogP contribution in [0.1, 0.15) is 44.1 Å². The molecule has 130 valence electrons. The molecule has 2 aromatic heterocycles. The van der Waals surface area contributed by atoms with Gasteiger partial charge in [-0.3, -0.25) is 9.67 Å². The lowest BCUT2D eigenvalue weighted by Gasteiger charge is -2.32. The van der Waals surface area contributed by atoms with Crippen molar-refractivity contribution in [1.82, 2.24) is 20.1 Å². The largest absolute Gasteiger partial charge is 0.492 e. The van der Waals surface area contributed by atoms with Gasteiger partial charge in [0, 0.05) is 37.5 Å². The van der Waals surface area contributed by atoms with E-state index in [1.54, 1.807) is 6.20 Å². The lowest BCUT2D eigenvalue weighted by atomic mass is 9.98. The van der Waals surface area contributed by atoms with Gasteiger partial charge >= 0.3 is 0 Å². The molecule has 3 heterocycles. The summed E-state index contributed by atoms with van der Waals surface area (Å²) in [5, 5.41) is 7.97. The van der Waals surface area contributed by atoms with Gasteiger partial charge in [0.2, 0.25) is 0 Å². The maximum Gasteiger partial charge on any atom is 0.137 e. The summed E-state index contributed by atoms with van der Waals surface area (Å²) in [7, 11) is 0. The molecule has 24 heavy (non-hydrogen) atoms.